The predicted molar refractivity (Wildman–Crippen MR) is 144 cm³/mol. The number of carbonyl (C=O) groups is 5. The number of fused-ring (bicyclic) bond motifs is 1. The van der Waals surface area contributed by atoms with Crippen molar-refractivity contribution in [2.24, 2.45) is 0 Å². The number of urea groups is 1. The number of benzene rings is 2. The molecule has 5 N–H and O–H groups in total. The highest BCUT2D eigenvalue weighted by Crippen LogP contribution is 2.41. The van der Waals surface area contributed by atoms with Crippen LogP contribution in [0.3, 0.4) is 0 Å². The number of imide groups is 1. The number of piperazine rings is 1. The third-order valence-electron chi connectivity index (χ3n) is 7.21. The van der Waals surface area contributed by atoms with Crippen LogP contribution in [0.5, 0.6) is 17.2 Å². The van der Waals surface area contributed by atoms with Crippen LogP contribution in [0.1, 0.15) is 46.4 Å². The van der Waals surface area contributed by atoms with Crippen LogP contribution in [0.4, 0.5) is 4.79 Å². The van der Waals surface area contributed by atoms with E-state index < -0.39 is 71.5 Å². The van der Waals surface area contributed by atoms with Gasteiger partial charge >= 0.3 is 30.9 Å². The monoisotopic (exact) mass is 587 g/mol. The summed E-state index contributed by atoms with van der Waals surface area (Å²) in [5.41, 5.74) is 0.664. The number of nitrogens with one attached hydrogen (secondary N) is 1. The Morgan fingerprint density at radius 3 is 2.51 bits per heavy atom. The molecule has 0 aliphatic carbocycles. The molecule has 2 aromatic carbocycles. The lowest BCUT2D eigenvalue weighted by Gasteiger charge is -2.33. The third-order valence-corrected chi connectivity index (χ3v) is 7.61. The second-order valence-electron chi connectivity index (χ2n) is 9.75. The fourth-order valence-corrected chi connectivity index (χ4v) is 5.20. The van der Waals surface area contributed by atoms with Gasteiger partial charge in [0.25, 0.3) is 0 Å². The zero-order valence-electron chi connectivity index (χ0n) is 22.1. The van der Waals surface area contributed by atoms with Crippen LogP contribution in [0.25, 0.3) is 0 Å². The highest BCUT2D eigenvalue weighted by Gasteiger charge is 2.42. The maximum Gasteiger partial charge on any atom is 0.526 e. The zero-order valence-corrected chi connectivity index (χ0v) is 22.8. The quantitative estimate of drug-likeness (QED) is 0.181. The summed E-state index contributed by atoms with van der Waals surface area (Å²) in [6, 6.07) is 2.84. The molecular formula is C26H27BClN3O10. The average Bonchev–Trinajstić information content (AvgIpc) is 2.92. The molecule has 0 radical (unpaired) electrons. The molecule has 4 amide bonds. The fraction of sp³-hybridized carbons (Fsp3) is 0.346. The van der Waals surface area contributed by atoms with Crippen molar-refractivity contribution >= 4 is 48.3 Å². The molecule has 2 aliphatic heterocycles. The van der Waals surface area contributed by atoms with Gasteiger partial charge in [-0.3, -0.25) is 19.3 Å². The minimum atomic E-state index is -1.58. The molecule has 0 spiro atoms. The first-order valence-corrected chi connectivity index (χ1v) is 13.1. The molecule has 13 nitrogen and oxygen atoms in total. The first kappa shape index (κ1) is 29.7. The second kappa shape index (κ2) is 11.7. The first-order chi connectivity index (χ1) is 19.3. The lowest BCUT2D eigenvalue weighted by atomic mass is 9.64. The number of carboxylic acid groups (broad SMARTS) is 1. The van der Waals surface area contributed by atoms with Gasteiger partial charge in [0.15, 0.2) is 17.3 Å². The zero-order chi connectivity index (χ0) is 30.2. The number of phenols is 2. The van der Waals surface area contributed by atoms with Gasteiger partial charge in [-0.1, -0.05) is 29.8 Å². The molecule has 0 aromatic heterocycles. The van der Waals surface area contributed by atoms with Gasteiger partial charge in [-0.2, -0.15) is 0 Å². The molecule has 0 unspecified atom stereocenters. The molecule has 4 rings (SSSR count). The van der Waals surface area contributed by atoms with Crippen molar-refractivity contribution in [2.45, 2.75) is 38.5 Å². The van der Waals surface area contributed by atoms with Gasteiger partial charge in [0.1, 0.15) is 17.4 Å². The normalized spacial score (nSPS) is 17.6. The maximum absolute atomic E-state index is 13.7. The summed E-state index contributed by atoms with van der Waals surface area (Å²) in [7, 11) is -1.58. The Balaban J connectivity index is 1.62. The number of amides is 4. The minimum absolute atomic E-state index is 0.000505. The number of carboxylic acids is 1. The summed E-state index contributed by atoms with van der Waals surface area (Å²) < 4.78 is 5.53. The lowest BCUT2D eigenvalue weighted by Crippen LogP contribution is -2.58. The van der Waals surface area contributed by atoms with Crippen molar-refractivity contribution in [1.82, 2.24) is 15.1 Å². The number of Topliss-reactive ketones (excluding diaryl/α,β-unsaturated/α-hetero) is 1. The van der Waals surface area contributed by atoms with Crippen molar-refractivity contribution in [3.63, 3.8) is 0 Å². The van der Waals surface area contributed by atoms with E-state index in [2.05, 4.69) is 5.32 Å². The van der Waals surface area contributed by atoms with E-state index in [1.807, 2.05) is 0 Å². The number of hydrogen-bond donors (Lipinski definition) is 5. The number of aromatic carboxylic acids is 1. The standard InChI is InChI=1S/C26H27BClN3O10/c1-3-30-8-9-31(24(36)23(30)35)26(39)29-20(15-6-7-16(32)21(34)19(15)28)17(33)11-14-10-13-5-4-12(2)18(25(37)38)22(13)41-27(14)40/h4-7,14,20,32,34,40H,3,8-11H2,1-2H3,(H,29,39)(H,37,38)/t14-,20+/m1/s1. The van der Waals surface area contributed by atoms with Crippen LogP contribution in [-0.2, 0) is 20.8 Å². The summed E-state index contributed by atoms with van der Waals surface area (Å²) in [5.74, 6) is -6.11. The maximum atomic E-state index is 13.7. The third kappa shape index (κ3) is 5.65. The Kier molecular flexibility index (Phi) is 8.45. The highest BCUT2D eigenvalue weighted by atomic mass is 35.5. The van der Waals surface area contributed by atoms with E-state index in [-0.39, 0.29) is 42.9 Å². The van der Waals surface area contributed by atoms with Gasteiger partial charge in [0.05, 0.1) is 5.02 Å². The fourth-order valence-electron chi connectivity index (χ4n) is 4.93. The first-order valence-electron chi connectivity index (χ1n) is 12.7. The SMILES string of the molecule is CCN1CCN(C(=O)N[C@H](C(=O)C[C@H]2Cc3ccc(C)c(C(=O)O)c3OB2O)c2ccc(O)c(O)c2Cl)C(=O)C1=O. The molecule has 1 saturated heterocycles. The molecule has 216 valence electrons. The number of hydrogen-bond acceptors (Lipinski definition) is 9. The lowest BCUT2D eigenvalue weighted by molar-refractivity contribution is -0.153. The molecule has 2 aliphatic rings. The second-order valence-corrected chi connectivity index (χ2v) is 10.1. The van der Waals surface area contributed by atoms with Gasteiger partial charge in [0.2, 0.25) is 0 Å². The summed E-state index contributed by atoms with van der Waals surface area (Å²) in [6.07, 6.45) is -0.347. The number of rotatable bonds is 7. The molecule has 2 atom stereocenters. The summed E-state index contributed by atoms with van der Waals surface area (Å²) in [6.45, 7) is 3.50. The van der Waals surface area contributed by atoms with Crippen molar-refractivity contribution in [3.8, 4) is 17.2 Å². The van der Waals surface area contributed by atoms with E-state index in [1.54, 1.807) is 26.0 Å². The van der Waals surface area contributed by atoms with Crippen molar-refractivity contribution in [2.75, 3.05) is 19.6 Å². The van der Waals surface area contributed by atoms with E-state index in [1.165, 1.54) is 11.0 Å². The van der Waals surface area contributed by atoms with Crippen molar-refractivity contribution in [1.29, 1.82) is 0 Å². The van der Waals surface area contributed by atoms with Crippen LogP contribution in [-0.4, -0.2) is 86.5 Å². The molecule has 0 bridgehead atoms. The number of ketones is 1. The van der Waals surface area contributed by atoms with Crippen LogP contribution in [0, 0.1) is 6.92 Å². The van der Waals surface area contributed by atoms with E-state index in [4.69, 9.17) is 16.3 Å². The topological polar surface area (TPSA) is 194 Å². The smallest absolute Gasteiger partial charge is 0.526 e. The summed E-state index contributed by atoms with van der Waals surface area (Å²) >= 11 is 6.21. The number of aromatic hydroxyl groups is 2. The van der Waals surface area contributed by atoms with Crippen LogP contribution in [0.2, 0.25) is 10.8 Å². The Labute approximate surface area is 239 Å². The van der Waals surface area contributed by atoms with Gasteiger partial charge in [-0.05, 0) is 37.5 Å². The number of carbonyl (C=O) groups excluding carboxylic acids is 4. The number of likely N-dealkylation sites (N-methyl/N-ethyl adjacent to an activating group) is 1. The molecule has 0 saturated carbocycles. The van der Waals surface area contributed by atoms with Crippen molar-refractivity contribution in [3.05, 3.63) is 51.5 Å². The van der Waals surface area contributed by atoms with Gasteiger partial charge < -0.3 is 35.2 Å². The highest BCUT2D eigenvalue weighted by molar-refractivity contribution is 6.47. The largest absolute Gasteiger partial charge is 0.535 e. The van der Waals surface area contributed by atoms with Gasteiger partial charge in [0, 0.05) is 37.4 Å². The van der Waals surface area contributed by atoms with E-state index in [0.717, 1.165) is 6.07 Å². The average molecular weight is 588 g/mol. The van der Waals surface area contributed by atoms with E-state index in [9.17, 15) is 44.3 Å². The Hall–Kier alpha value is -4.30. The predicted octanol–water partition coefficient (Wildman–Crippen LogP) is 1.64. The molecule has 2 aromatic rings. The molecule has 1 fully saturated rings. The summed E-state index contributed by atoms with van der Waals surface area (Å²) in [5, 5.41) is 42.2. The van der Waals surface area contributed by atoms with Gasteiger partial charge in [-0.15, -0.1) is 0 Å². The number of aryl methyl sites for hydroxylation is 1. The number of nitrogens with zero attached hydrogens (tertiary/aromatic N) is 2. The van der Waals surface area contributed by atoms with Gasteiger partial charge in [-0.25, -0.2) is 9.59 Å². The Morgan fingerprint density at radius 2 is 1.85 bits per heavy atom. The van der Waals surface area contributed by atoms with Crippen LogP contribution in [0.15, 0.2) is 24.3 Å². The minimum Gasteiger partial charge on any atom is -0.535 e. The molecule has 41 heavy (non-hydrogen) atoms. The van der Waals surface area contributed by atoms with E-state index >= 15 is 0 Å². The number of halogens is 1. The molecule has 2 heterocycles. The van der Waals surface area contributed by atoms with Crippen LogP contribution >= 0.6 is 11.6 Å². The molecule has 15 heteroatoms. The van der Waals surface area contributed by atoms with Crippen molar-refractivity contribution < 1.29 is 49.0 Å². The van der Waals surface area contributed by atoms with Crippen LogP contribution < -0.4 is 9.97 Å². The number of phenolic OH excluding ortho intramolecular Hbond substituents is 2. The molecular weight excluding hydrogens is 561 g/mol. The Bertz CT molecular complexity index is 1450. The van der Waals surface area contributed by atoms with E-state index in [0.29, 0.717) is 16.0 Å². The Morgan fingerprint density at radius 1 is 1.15 bits per heavy atom. The summed E-state index contributed by atoms with van der Waals surface area (Å²) in [4.78, 5) is 65.3.